The number of hydrogen-bond donors (Lipinski definition) is 1. The molecule has 0 fully saturated rings. The zero-order valence-corrected chi connectivity index (χ0v) is 16.4. The van der Waals surface area contributed by atoms with E-state index in [0.29, 0.717) is 17.0 Å². The van der Waals surface area contributed by atoms with Gasteiger partial charge in [-0.1, -0.05) is 0 Å². The first-order valence-electron chi connectivity index (χ1n) is 8.68. The van der Waals surface area contributed by atoms with E-state index in [1.54, 1.807) is 20.8 Å². The van der Waals surface area contributed by atoms with Crippen molar-refractivity contribution in [1.29, 1.82) is 0 Å². The predicted molar refractivity (Wildman–Crippen MR) is 94.7 cm³/mol. The fraction of sp³-hybridized carbons (Fsp3) is 0.474. The molecule has 2 amide bonds. The van der Waals surface area contributed by atoms with E-state index < -0.39 is 58.4 Å². The Hall–Kier alpha value is -2.91. The van der Waals surface area contributed by atoms with Crippen molar-refractivity contribution in [3.05, 3.63) is 35.1 Å². The summed E-state index contributed by atoms with van der Waals surface area (Å²) in [7, 11) is 0. The highest BCUT2D eigenvalue weighted by molar-refractivity contribution is 5.97. The summed E-state index contributed by atoms with van der Waals surface area (Å²) in [4.78, 5) is 48.1. The Balaban J connectivity index is 2.88. The summed E-state index contributed by atoms with van der Waals surface area (Å²) < 4.78 is 44.5. The number of nitrogens with zero attached hydrogens (tertiary/aromatic N) is 1. The molecule has 0 radical (unpaired) electrons. The number of ether oxygens (including phenoxy) is 1. The van der Waals surface area contributed by atoms with E-state index in [2.05, 4.69) is 0 Å². The number of carbonyl (C=O) groups excluding carboxylic acids is 3. The number of carboxylic acids is 1. The predicted octanol–water partition coefficient (Wildman–Crippen LogP) is 3.69. The second-order valence-electron chi connectivity index (χ2n) is 7.29. The minimum absolute atomic E-state index is 0.122. The van der Waals surface area contributed by atoms with Gasteiger partial charge in [-0.15, -0.1) is 0 Å². The summed E-state index contributed by atoms with van der Waals surface area (Å²) in [5.41, 5.74) is -1.38. The largest absolute Gasteiger partial charge is 0.480 e. The molecule has 0 aromatic heterocycles. The van der Waals surface area contributed by atoms with Crippen LogP contribution in [0.15, 0.2) is 12.1 Å². The van der Waals surface area contributed by atoms with Crippen LogP contribution in [0.1, 0.15) is 57.3 Å². The van der Waals surface area contributed by atoms with Gasteiger partial charge < -0.3 is 9.84 Å². The zero-order chi connectivity index (χ0) is 22.5. The molecule has 0 spiro atoms. The standard InChI is InChI=1S/C19H22F3NO6/c1-10(24)23(18(28)29-19(2,3)4)14(17(26)27)6-5-7-15(25)11-8-12(20)16(22)13(21)9-11/h8-9,14H,5-7H2,1-4H3,(H,26,27). The SMILES string of the molecule is CC(=O)N(C(=O)OC(C)(C)C)C(CCCC(=O)c1cc(F)c(F)c(F)c1)C(=O)O. The molecule has 1 atom stereocenters. The number of Topliss-reactive ketones (excluding diaryl/α,β-unsaturated/α-hetero) is 1. The van der Waals surface area contributed by atoms with Gasteiger partial charge in [-0.2, -0.15) is 0 Å². The summed E-state index contributed by atoms with van der Waals surface area (Å²) in [5.74, 6) is -7.85. The Morgan fingerprint density at radius 3 is 2.03 bits per heavy atom. The Bertz CT molecular complexity index is 796. The van der Waals surface area contributed by atoms with Crippen molar-refractivity contribution in [2.75, 3.05) is 0 Å². The number of carbonyl (C=O) groups is 4. The van der Waals surface area contributed by atoms with Gasteiger partial charge in [-0.3, -0.25) is 9.59 Å². The molecule has 1 aromatic carbocycles. The van der Waals surface area contributed by atoms with Crippen LogP contribution in [-0.4, -0.2) is 45.4 Å². The number of rotatable bonds is 7. The molecule has 0 bridgehead atoms. The quantitative estimate of drug-likeness (QED) is 0.536. The van der Waals surface area contributed by atoms with Crippen LogP contribution >= 0.6 is 0 Å². The minimum atomic E-state index is -1.71. The van der Waals surface area contributed by atoms with E-state index in [9.17, 15) is 37.5 Å². The molecule has 0 aliphatic carbocycles. The van der Waals surface area contributed by atoms with E-state index in [4.69, 9.17) is 4.74 Å². The van der Waals surface area contributed by atoms with Crippen LogP contribution in [0.25, 0.3) is 0 Å². The molecule has 1 aromatic rings. The van der Waals surface area contributed by atoms with Crippen molar-refractivity contribution in [2.45, 2.75) is 58.6 Å². The van der Waals surface area contributed by atoms with Crippen molar-refractivity contribution in [2.24, 2.45) is 0 Å². The molecule has 0 aliphatic rings. The van der Waals surface area contributed by atoms with Gasteiger partial charge in [0.15, 0.2) is 23.2 Å². The smallest absolute Gasteiger partial charge is 0.417 e. The second-order valence-corrected chi connectivity index (χ2v) is 7.29. The van der Waals surface area contributed by atoms with Crippen molar-refractivity contribution >= 4 is 23.8 Å². The molecular formula is C19H22F3NO6. The number of imide groups is 1. The van der Waals surface area contributed by atoms with Crippen LogP contribution in [0, 0.1) is 17.5 Å². The van der Waals surface area contributed by atoms with Crippen molar-refractivity contribution in [3.8, 4) is 0 Å². The van der Waals surface area contributed by atoms with Crippen LogP contribution < -0.4 is 0 Å². The van der Waals surface area contributed by atoms with E-state index in [-0.39, 0.29) is 19.3 Å². The molecular weight excluding hydrogens is 395 g/mol. The lowest BCUT2D eigenvalue weighted by Crippen LogP contribution is -2.49. The topological polar surface area (TPSA) is 101 Å². The molecule has 29 heavy (non-hydrogen) atoms. The Morgan fingerprint density at radius 1 is 1.10 bits per heavy atom. The van der Waals surface area contributed by atoms with Crippen LogP contribution in [0.4, 0.5) is 18.0 Å². The highest BCUT2D eigenvalue weighted by atomic mass is 19.2. The third-order valence-corrected chi connectivity index (χ3v) is 3.71. The molecule has 10 heteroatoms. The number of ketones is 1. The number of aliphatic carboxylic acids is 1. The fourth-order valence-corrected chi connectivity index (χ4v) is 2.47. The van der Waals surface area contributed by atoms with Gasteiger partial charge in [0.2, 0.25) is 5.91 Å². The van der Waals surface area contributed by atoms with Crippen molar-refractivity contribution in [1.82, 2.24) is 4.90 Å². The second kappa shape index (κ2) is 9.53. The van der Waals surface area contributed by atoms with Gasteiger partial charge in [0.1, 0.15) is 11.6 Å². The number of amides is 2. The van der Waals surface area contributed by atoms with Crippen molar-refractivity contribution in [3.63, 3.8) is 0 Å². The number of halogens is 3. The maximum absolute atomic E-state index is 13.2. The first-order valence-corrected chi connectivity index (χ1v) is 8.68. The van der Waals surface area contributed by atoms with Gasteiger partial charge in [-0.05, 0) is 45.7 Å². The average molecular weight is 417 g/mol. The molecule has 0 saturated carbocycles. The highest BCUT2D eigenvalue weighted by Crippen LogP contribution is 2.19. The van der Waals surface area contributed by atoms with E-state index in [0.717, 1.165) is 6.92 Å². The van der Waals surface area contributed by atoms with Crippen LogP contribution in [0.3, 0.4) is 0 Å². The van der Waals surface area contributed by atoms with Crippen LogP contribution in [0.5, 0.6) is 0 Å². The fourth-order valence-electron chi connectivity index (χ4n) is 2.47. The molecule has 0 heterocycles. The third kappa shape index (κ3) is 6.88. The summed E-state index contributed by atoms with van der Waals surface area (Å²) in [6.45, 7) is 5.62. The van der Waals surface area contributed by atoms with Gasteiger partial charge in [0, 0.05) is 18.9 Å². The van der Waals surface area contributed by atoms with Gasteiger partial charge in [0.05, 0.1) is 0 Å². The maximum Gasteiger partial charge on any atom is 0.417 e. The zero-order valence-electron chi connectivity index (χ0n) is 16.4. The first kappa shape index (κ1) is 24.1. The Labute approximate surface area is 165 Å². The molecule has 0 saturated heterocycles. The number of benzene rings is 1. The first-order chi connectivity index (χ1) is 13.2. The molecule has 0 aliphatic heterocycles. The maximum atomic E-state index is 13.2. The van der Waals surface area contributed by atoms with Crippen molar-refractivity contribution < 1.29 is 42.2 Å². The van der Waals surface area contributed by atoms with E-state index >= 15 is 0 Å². The van der Waals surface area contributed by atoms with Gasteiger partial charge >= 0.3 is 12.1 Å². The summed E-state index contributed by atoms with van der Waals surface area (Å²) in [6, 6.07) is -0.521. The van der Waals surface area contributed by atoms with E-state index in [1.165, 1.54) is 0 Å². The molecule has 1 unspecified atom stereocenters. The lowest BCUT2D eigenvalue weighted by molar-refractivity contribution is -0.149. The molecule has 1 rings (SSSR count). The van der Waals surface area contributed by atoms with E-state index in [1.807, 2.05) is 0 Å². The Kier molecular flexibility index (Phi) is 7.93. The lowest BCUT2D eigenvalue weighted by atomic mass is 10.0. The molecule has 7 nitrogen and oxygen atoms in total. The van der Waals surface area contributed by atoms with Crippen LogP contribution in [-0.2, 0) is 14.3 Å². The van der Waals surface area contributed by atoms with Gasteiger partial charge in [-0.25, -0.2) is 27.7 Å². The third-order valence-electron chi connectivity index (χ3n) is 3.71. The number of hydrogen-bond acceptors (Lipinski definition) is 5. The normalized spacial score (nSPS) is 12.2. The number of carboxylic acid groups (broad SMARTS) is 1. The summed E-state index contributed by atoms with van der Waals surface area (Å²) >= 11 is 0. The molecule has 1 N–H and O–H groups in total. The summed E-state index contributed by atoms with van der Waals surface area (Å²) in [5, 5.41) is 9.40. The highest BCUT2D eigenvalue weighted by Gasteiger charge is 2.35. The lowest BCUT2D eigenvalue weighted by Gasteiger charge is -2.29. The Morgan fingerprint density at radius 2 is 1.62 bits per heavy atom. The minimum Gasteiger partial charge on any atom is -0.480 e. The van der Waals surface area contributed by atoms with Gasteiger partial charge in [0.25, 0.3) is 0 Å². The molecule has 160 valence electrons. The summed E-state index contributed by atoms with van der Waals surface area (Å²) in [6.07, 6.45) is -1.91. The van der Waals surface area contributed by atoms with Crippen LogP contribution in [0.2, 0.25) is 0 Å². The monoisotopic (exact) mass is 417 g/mol. The average Bonchev–Trinajstić information content (AvgIpc) is 2.55.